The van der Waals surface area contributed by atoms with Crippen molar-refractivity contribution in [3.63, 3.8) is 0 Å². The first kappa shape index (κ1) is 26.4. The molecular weight excluding hydrogens is 463 g/mol. The van der Waals surface area contributed by atoms with E-state index in [1.807, 2.05) is 13.8 Å². The fraction of sp³-hybridized carbons (Fsp3) is 0.182. The first-order chi connectivity index (χ1) is 16.5. The van der Waals surface area contributed by atoms with Crippen molar-refractivity contribution in [2.24, 2.45) is 0 Å². The number of hydrogen-bond acceptors (Lipinski definition) is 7. The van der Waals surface area contributed by atoms with E-state index in [4.69, 9.17) is 4.74 Å². The number of ether oxygens (including phenoxy) is 1. The molecule has 0 aliphatic rings. The third kappa shape index (κ3) is 8.24. The highest BCUT2D eigenvalue weighted by molar-refractivity contribution is 5.45. The van der Waals surface area contributed by atoms with E-state index in [0.717, 1.165) is 29.6 Å². The lowest BCUT2D eigenvalue weighted by atomic mass is 10.2. The molecule has 4 aromatic rings. The summed E-state index contributed by atoms with van der Waals surface area (Å²) in [6.45, 7) is 6.85. The molecule has 0 atom stereocenters. The molecule has 2 aromatic heterocycles. The van der Waals surface area contributed by atoms with Gasteiger partial charge in [0.25, 0.3) is 16.9 Å². The Balaban J connectivity index is 0.000000205. The number of halogens is 1. The number of H-pyrrole nitrogens is 3. The molecule has 184 valence electrons. The van der Waals surface area contributed by atoms with Crippen molar-refractivity contribution in [2.75, 3.05) is 0 Å². The number of hydrogen-bond donors (Lipinski definition) is 3. The van der Waals surface area contributed by atoms with Gasteiger partial charge in [-0.05, 0) is 52.0 Å². The number of nitro groups is 2. The molecule has 12 nitrogen and oxygen atoms in total. The summed E-state index contributed by atoms with van der Waals surface area (Å²) in [5, 5.41) is 32.5. The number of nitrogens with zero attached hydrogens (tertiary/aromatic N) is 3. The predicted octanol–water partition coefficient (Wildman–Crippen LogP) is 4.78. The second-order valence-electron chi connectivity index (χ2n) is 7.33. The molecule has 35 heavy (non-hydrogen) atoms. The summed E-state index contributed by atoms with van der Waals surface area (Å²) in [5.74, 6) is 0.517. The molecule has 0 saturated heterocycles. The summed E-state index contributed by atoms with van der Waals surface area (Å²) in [6.07, 6.45) is 0. The Hall–Kier alpha value is -4.81. The topological polar surface area (TPSA) is 173 Å². The van der Waals surface area contributed by atoms with Crippen LogP contribution in [0.15, 0.2) is 53.3 Å². The normalized spacial score (nSPS) is 9.86. The summed E-state index contributed by atoms with van der Waals surface area (Å²) in [6, 6.07) is 11.2. The average molecular weight is 486 g/mol. The lowest BCUT2D eigenvalue weighted by Crippen LogP contribution is -1.93. The van der Waals surface area contributed by atoms with Crippen LogP contribution in [0.1, 0.15) is 22.5 Å². The van der Waals surface area contributed by atoms with Gasteiger partial charge in [-0.3, -0.25) is 35.2 Å². The lowest BCUT2D eigenvalue weighted by molar-refractivity contribution is -0.385. The van der Waals surface area contributed by atoms with Crippen LogP contribution in [-0.2, 0) is 0 Å². The molecule has 0 aliphatic heterocycles. The van der Waals surface area contributed by atoms with Gasteiger partial charge in [0.2, 0.25) is 5.88 Å². The van der Waals surface area contributed by atoms with Crippen LogP contribution in [0, 0.1) is 53.7 Å². The largest absolute Gasteiger partial charge is 0.438 e. The smallest absolute Gasteiger partial charge is 0.272 e. The van der Waals surface area contributed by atoms with Gasteiger partial charge in [0.15, 0.2) is 0 Å². The molecule has 13 heteroatoms. The molecule has 0 saturated carbocycles. The zero-order chi connectivity index (χ0) is 26.1. The quantitative estimate of drug-likeness (QED) is 0.275. The first-order valence-corrected chi connectivity index (χ1v) is 10.1. The van der Waals surface area contributed by atoms with E-state index in [2.05, 4.69) is 20.4 Å². The van der Waals surface area contributed by atoms with Crippen molar-refractivity contribution >= 4 is 11.4 Å². The van der Waals surface area contributed by atoms with Crippen molar-refractivity contribution in [1.29, 1.82) is 0 Å². The van der Waals surface area contributed by atoms with Crippen LogP contribution in [0.5, 0.6) is 11.6 Å². The number of aromatic amines is 3. The van der Waals surface area contributed by atoms with E-state index in [-0.39, 0.29) is 16.9 Å². The molecule has 0 spiro atoms. The SMILES string of the molecule is Cc1cc(=O)[nH][nH]1.Cc1cc(F)ccc1[N+](=O)[O-].Cc1cc(Oc2ccc([N+](=O)[O-])c(C)c2)n[nH]1. The van der Waals surface area contributed by atoms with Crippen molar-refractivity contribution in [3.8, 4) is 11.6 Å². The maximum atomic E-state index is 12.4. The Morgan fingerprint density at radius 2 is 1.43 bits per heavy atom. The zero-order valence-electron chi connectivity index (χ0n) is 19.3. The molecule has 0 aliphatic carbocycles. The molecule has 4 rings (SSSR count). The number of aromatic nitrogens is 4. The monoisotopic (exact) mass is 486 g/mol. The highest BCUT2D eigenvalue weighted by Gasteiger charge is 2.11. The zero-order valence-corrected chi connectivity index (χ0v) is 19.3. The van der Waals surface area contributed by atoms with Crippen LogP contribution in [0.3, 0.4) is 0 Å². The van der Waals surface area contributed by atoms with E-state index in [0.29, 0.717) is 22.8 Å². The van der Waals surface area contributed by atoms with E-state index in [9.17, 15) is 29.4 Å². The Morgan fingerprint density at radius 1 is 0.829 bits per heavy atom. The van der Waals surface area contributed by atoms with Gasteiger partial charge in [-0.25, -0.2) is 4.39 Å². The van der Waals surface area contributed by atoms with Gasteiger partial charge in [0.05, 0.1) is 9.85 Å². The highest BCUT2D eigenvalue weighted by atomic mass is 19.1. The van der Waals surface area contributed by atoms with Crippen LogP contribution >= 0.6 is 0 Å². The van der Waals surface area contributed by atoms with E-state index >= 15 is 0 Å². The van der Waals surface area contributed by atoms with Gasteiger partial charge in [-0.1, -0.05) is 0 Å². The molecule has 2 aromatic carbocycles. The maximum Gasteiger partial charge on any atom is 0.272 e. The fourth-order valence-corrected chi connectivity index (χ4v) is 2.72. The van der Waals surface area contributed by atoms with Gasteiger partial charge in [0.1, 0.15) is 11.6 Å². The number of nitro benzene ring substituents is 2. The summed E-state index contributed by atoms with van der Waals surface area (Å²) in [4.78, 5) is 30.1. The number of rotatable bonds is 4. The van der Waals surface area contributed by atoms with Crippen LogP contribution in [0.25, 0.3) is 0 Å². The standard InChI is InChI=1S/C11H11N3O3.C7H6FNO2.C4H6N2O/c1-7-5-9(3-4-10(7)14(15)16)17-11-6-8(2)12-13-11;1-5-4-6(8)2-3-7(5)9(10)11;1-3-2-4(7)6-5-3/h3-6H,1-2H3,(H,12,13);2-4H,1H3;2H,1H3,(H2,5,6,7). The second kappa shape index (κ2) is 11.9. The van der Waals surface area contributed by atoms with Crippen molar-refractivity contribution in [2.45, 2.75) is 27.7 Å². The van der Waals surface area contributed by atoms with Crippen LogP contribution in [0.2, 0.25) is 0 Å². The van der Waals surface area contributed by atoms with Crippen LogP contribution < -0.4 is 10.3 Å². The van der Waals surface area contributed by atoms with Gasteiger partial charge in [-0.2, -0.15) is 0 Å². The summed E-state index contributed by atoms with van der Waals surface area (Å²) in [5.41, 5.74) is 2.61. The molecule has 0 fully saturated rings. The van der Waals surface area contributed by atoms with Crippen molar-refractivity contribution in [3.05, 3.63) is 107 Å². The average Bonchev–Trinajstić information content (AvgIpc) is 3.35. The fourth-order valence-electron chi connectivity index (χ4n) is 2.72. The highest BCUT2D eigenvalue weighted by Crippen LogP contribution is 2.26. The number of nitrogens with one attached hydrogen (secondary N) is 3. The van der Waals surface area contributed by atoms with E-state index < -0.39 is 15.7 Å². The van der Waals surface area contributed by atoms with E-state index in [1.165, 1.54) is 19.1 Å². The molecular formula is C22H23FN6O6. The van der Waals surface area contributed by atoms with Gasteiger partial charge < -0.3 is 9.84 Å². The van der Waals surface area contributed by atoms with Crippen molar-refractivity contribution in [1.82, 2.24) is 20.4 Å². The van der Waals surface area contributed by atoms with Gasteiger partial charge >= 0.3 is 0 Å². The second-order valence-corrected chi connectivity index (χ2v) is 7.33. The summed E-state index contributed by atoms with van der Waals surface area (Å²) < 4.78 is 17.8. The Morgan fingerprint density at radius 3 is 1.83 bits per heavy atom. The van der Waals surface area contributed by atoms with E-state index in [1.54, 1.807) is 25.1 Å². The molecule has 0 radical (unpaired) electrons. The molecule has 2 heterocycles. The number of benzene rings is 2. The predicted molar refractivity (Wildman–Crippen MR) is 125 cm³/mol. The van der Waals surface area contributed by atoms with Crippen LogP contribution in [-0.4, -0.2) is 30.2 Å². The lowest BCUT2D eigenvalue weighted by Gasteiger charge is -2.03. The Labute approximate surface area is 198 Å². The summed E-state index contributed by atoms with van der Waals surface area (Å²) in [7, 11) is 0. The third-order valence-corrected chi connectivity index (χ3v) is 4.36. The minimum atomic E-state index is -0.533. The molecule has 0 amide bonds. The first-order valence-electron chi connectivity index (χ1n) is 10.1. The maximum absolute atomic E-state index is 12.4. The van der Waals surface area contributed by atoms with Crippen LogP contribution in [0.4, 0.5) is 15.8 Å². The number of aryl methyl sites for hydroxylation is 4. The summed E-state index contributed by atoms with van der Waals surface area (Å²) >= 11 is 0. The molecule has 0 bridgehead atoms. The molecule has 0 unspecified atom stereocenters. The Bertz CT molecular complexity index is 1380. The Kier molecular flexibility index (Phi) is 8.97. The third-order valence-electron chi connectivity index (χ3n) is 4.36. The minimum absolute atomic E-state index is 0.0496. The minimum Gasteiger partial charge on any atom is -0.438 e. The van der Waals surface area contributed by atoms with Gasteiger partial charge in [0, 0.05) is 46.8 Å². The molecule has 3 N–H and O–H groups in total. The van der Waals surface area contributed by atoms with Crippen molar-refractivity contribution < 1.29 is 19.0 Å². The van der Waals surface area contributed by atoms with Gasteiger partial charge in [-0.15, -0.1) is 5.10 Å².